The summed E-state index contributed by atoms with van der Waals surface area (Å²) in [6.07, 6.45) is 0.762. The Labute approximate surface area is 107 Å². The van der Waals surface area contributed by atoms with Crippen LogP contribution >= 0.6 is 0 Å². The van der Waals surface area contributed by atoms with E-state index in [-0.39, 0.29) is 5.41 Å². The predicted octanol–water partition coefficient (Wildman–Crippen LogP) is 2.69. The number of aldehydes is 1. The van der Waals surface area contributed by atoms with Crippen LogP contribution < -0.4 is 0 Å². The Hall–Kier alpha value is -1.97. The first-order chi connectivity index (χ1) is 8.43. The zero-order valence-corrected chi connectivity index (χ0v) is 11.1. The molecule has 0 aliphatic carbocycles. The maximum atomic E-state index is 11.1. The maximum absolute atomic E-state index is 11.1. The number of aromatic nitrogens is 3. The Kier molecular flexibility index (Phi) is 3.03. The molecule has 0 bridgehead atoms. The number of carbonyl (C=O) groups is 1. The number of benzene rings is 1. The van der Waals surface area contributed by atoms with Crippen LogP contribution in [0.2, 0.25) is 0 Å². The predicted molar refractivity (Wildman–Crippen MR) is 70.2 cm³/mol. The van der Waals surface area contributed by atoms with E-state index in [0.717, 1.165) is 17.7 Å². The van der Waals surface area contributed by atoms with Gasteiger partial charge in [0.05, 0.1) is 11.4 Å². The molecule has 0 unspecified atom stereocenters. The molecule has 4 heteroatoms. The third-order valence-electron chi connectivity index (χ3n) is 2.80. The van der Waals surface area contributed by atoms with Crippen molar-refractivity contribution in [1.82, 2.24) is 15.0 Å². The van der Waals surface area contributed by atoms with E-state index in [1.165, 1.54) is 5.56 Å². The molecule has 0 radical (unpaired) electrons. The first-order valence-electron chi connectivity index (χ1n) is 5.92. The summed E-state index contributed by atoms with van der Waals surface area (Å²) in [4.78, 5) is 11.1. The molecule has 0 saturated heterocycles. The molecule has 0 aliphatic rings. The van der Waals surface area contributed by atoms with Crippen LogP contribution in [0.25, 0.3) is 5.69 Å². The lowest BCUT2D eigenvalue weighted by Gasteiger charge is -2.20. The second kappa shape index (κ2) is 4.37. The van der Waals surface area contributed by atoms with Crippen molar-refractivity contribution in [1.29, 1.82) is 0 Å². The summed E-state index contributed by atoms with van der Waals surface area (Å²) < 4.78 is 1.74. The van der Waals surface area contributed by atoms with Crippen molar-refractivity contribution < 1.29 is 4.79 Å². The van der Waals surface area contributed by atoms with Gasteiger partial charge in [0.15, 0.2) is 6.29 Å². The van der Waals surface area contributed by atoms with Crippen molar-refractivity contribution in [2.45, 2.75) is 33.1 Å². The van der Waals surface area contributed by atoms with Gasteiger partial charge in [0, 0.05) is 5.41 Å². The van der Waals surface area contributed by atoms with Gasteiger partial charge in [0.1, 0.15) is 5.69 Å². The van der Waals surface area contributed by atoms with Crippen LogP contribution in [0.4, 0.5) is 0 Å². The fourth-order valence-corrected chi connectivity index (χ4v) is 1.94. The normalized spacial score (nSPS) is 11.6. The number of hydrogen-bond donors (Lipinski definition) is 0. The van der Waals surface area contributed by atoms with E-state index in [0.29, 0.717) is 5.69 Å². The molecular weight excluding hydrogens is 226 g/mol. The Morgan fingerprint density at radius 3 is 2.28 bits per heavy atom. The SMILES string of the molecule is Cc1ccc(-n2nnc(C=O)c2C(C)(C)C)cc1. The molecular formula is C14H17N3O. The van der Waals surface area contributed by atoms with Gasteiger partial charge in [-0.1, -0.05) is 43.7 Å². The number of aryl methyl sites for hydroxylation is 1. The van der Waals surface area contributed by atoms with Gasteiger partial charge >= 0.3 is 0 Å². The minimum Gasteiger partial charge on any atom is -0.296 e. The summed E-state index contributed by atoms with van der Waals surface area (Å²) in [5.41, 5.74) is 3.16. The minimum absolute atomic E-state index is 0.190. The van der Waals surface area contributed by atoms with Crippen molar-refractivity contribution in [2.75, 3.05) is 0 Å². The van der Waals surface area contributed by atoms with Gasteiger partial charge in [0.2, 0.25) is 0 Å². The average molecular weight is 243 g/mol. The molecule has 4 nitrogen and oxygen atoms in total. The zero-order valence-electron chi connectivity index (χ0n) is 11.1. The molecule has 2 aromatic rings. The average Bonchev–Trinajstić information content (AvgIpc) is 2.73. The molecule has 1 heterocycles. The maximum Gasteiger partial charge on any atom is 0.172 e. The van der Waals surface area contributed by atoms with E-state index in [9.17, 15) is 4.79 Å². The molecule has 0 spiro atoms. The molecule has 94 valence electrons. The van der Waals surface area contributed by atoms with Crippen molar-refractivity contribution >= 4 is 6.29 Å². The highest BCUT2D eigenvalue weighted by Crippen LogP contribution is 2.26. The van der Waals surface area contributed by atoms with E-state index in [1.54, 1.807) is 4.68 Å². The smallest absolute Gasteiger partial charge is 0.172 e. The number of rotatable bonds is 2. The highest BCUT2D eigenvalue weighted by atomic mass is 16.1. The minimum atomic E-state index is -0.190. The number of nitrogens with zero attached hydrogens (tertiary/aromatic N) is 3. The molecule has 0 N–H and O–H groups in total. The lowest BCUT2D eigenvalue weighted by Crippen LogP contribution is -2.19. The van der Waals surface area contributed by atoms with Crippen LogP contribution in [0.5, 0.6) is 0 Å². The summed E-state index contributed by atoms with van der Waals surface area (Å²) >= 11 is 0. The highest BCUT2D eigenvalue weighted by Gasteiger charge is 2.25. The number of carbonyl (C=O) groups excluding carboxylic acids is 1. The fraction of sp³-hybridized carbons (Fsp3) is 0.357. The Morgan fingerprint density at radius 1 is 1.17 bits per heavy atom. The van der Waals surface area contributed by atoms with Crippen LogP contribution in [-0.4, -0.2) is 21.3 Å². The van der Waals surface area contributed by atoms with E-state index < -0.39 is 0 Å². The lowest BCUT2D eigenvalue weighted by atomic mass is 9.90. The summed E-state index contributed by atoms with van der Waals surface area (Å²) in [7, 11) is 0. The lowest BCUT2D eigenvalue weighted by molar-refractivity contribution is 0.111. The molecule has 1 aromatic carbocycles. The Bertz CT molecular complexity index is 562. The van der Waals surface area contributed by atoms with Gasteiger partial charge in [-0.15, -0.1) is 5.10 Å². The third kappa shape index (κ3) is 2.18. The fourth-order valence-electron chi connectivity index (χ4n) is 1.94. The van der Waals surface area contributed by atoms with Crippen LogP contribution in [0.15, 0.2) is 24.3 Å². The quantitative estimate of drug-likeness (QED) is 0.762. The summed E-state index contributed by atoms with van der Waals surface area (Å²) in [5.74, 6) is 0. The zero-order chi connectivity index (χ0) is 13.3. The molecule has 0 atom stereocenters. The first-order valence-corrected chi connectivity index (χ1v) is 5.92. The van der Waals surface area contributed by atoms with Crippen molar-refractivity contribution in [2.24, 2.45) is 0 Å². The van der Waals surface area contributed by atoms with Crippen LogP contribution in [0.1, 0.15) is 42.5 Å². The van der Waals surface area contributed by atoms with E-state index >= 15 is 0 Å². The molecule has 1 aromatic heterocycles. The van der Waals surface area contributed by atoms with Crippen molar-refractivity contribution in [3.05, 3.63) is 41.2 Å². The second-order valence-electron chi connectivity index (χ2n) is 5.44. The van der Waals surface area contributed by atoms with Crippen LogP contribution in [0, 0.1) is 6.92 Å². The molecule has 0 amide bonds. The van der Waals surface area contributed by atoms with Crippen molar-refractivity contribution in [3.8, 4) is 5.69 Å². The standard InChI is InChI=1S/C14H17N3O/c1-10-5-7-11(8-6-10)17-13(14(2,3)4)12(9-18)15-16-17/h5-9H,1-4H3. The van der Waals surface area contributed by atoms with Crippen LogP contribution in [-0.2, 0) is 5.41 Å². The summed E-state index contributed by atoms with van der Waals surface area (Å²) in [5, 5.41) is 8.03. The summed E-state index contributed by atoms with van der Waals surface area (Å²) in [6, 6.07) is 8.00. The molecule has 0 saturated carbocycles. The first kappa shape index (κ1) is 12.5. The summed E-state index contributed by atoms with van der Waals surface area (Å²) in [6.45, 7) is 8.17. The van der Waals surface area contributed by atoms with Gasteiger partial charge in [-0.05, 0) is 19.1 Å². The van der Waals surface area contributed by atoms with E-state index in [4.69, 9.17) is 0 Å². The van der Waals surface area contributed by atoms with Crippen LogP contribution in [0.3, 0.4) is 0 Å². The van der Waals surface area contributed by atoms with Gasteiger partial charge in [0.25, 0.3) is 0 Å². The third-order valence-corrected chi connectivity index (χ3v) is 2.80. The Balaban J connectivity index is 2.61. The largest absolute Gasteiger partial charge is 0.296 e. The second-order valence-corrected chi connectivity index (χ2v) is 5.44. The van der Waals surface area contributed by atoms with Gasteiger partial charge in [-0.2, -0.15) is 0 Å². The monoisotopic (exact) mass is 243 g/mol. The Morgan fingerprint density at radius 2 is 1.78 bits per heavy atom. The highest BCUT2D eigenvalue weighted by molar-refractivity contribution is 5.74. The molecule has 18 heavy (non-hydrogen) atoms. The van der Waals surface area contributed by atoms with Gasteiger partial charge < -0.3 is 0 Å². The number of hydrogen-bond acceptors (Lipinski definition) is 3. The van der Waals surface area contributed by atoms with Gasteiger partial charge in [-0.3, -0.25) is 4.79 Å². The van der Waals surface area contributed by atoms with Crippen molar-refractivity contribution in [3.63, 3.8) is 0 Å². The van der Waals surface area contributed by atoms with E-state index in [1.807, 2.05) is 52.0 Å². The molecule has 0 fully saturated rings. The van der Waals surface area contributed by atoms with E-state index in [2.05, 4.69) is 10.3 Å². The topological polar surface area (TPSA) is 47.8 Å². The van der Waals surface area contributed by atoms with Gasteiger partial charge in [-0.25, -0.2) is 4.68 Å². The molecule has 2 rings (SSSR count). The molecule has 0 aliphatic heterocycles.